The third kappa shape index (κ3) is 22.8. The van der Waals surface area contributed by atoms with E-state index in [4.69, 9.17) is 40.9 Å². The van der Waals surface area contributed by atoms with Gasteiger partial charge in [-0.15, -0.1) is 11.6 Å². The van der Waals surface area contributed by atoms with E-state index in [1.54, 1.807) is 55.3 Å². The Balaban J connectivity index is 0.000000121. The number of carbonyl (C=O) groups is 3. The van der Waals surface area contributed by atoms with Crippen LogP contribution in [0.4, 0.5) is 0 Å². The molecule has 113 heavy (non-hydrogen) atoms. The summed E-state index contributed by atoms with van der Waals surface area (Å²) in [6, 6.07) is 72.3. The molecule has 8 bridgehead atoms. The summed E-state index contributed by atoms with van der Waals surface area (Å²) in [4.78, 5) is 48.3. The number of piperidine rings is 4. The number of benzene rings is 8. The van der Waals surface area contributed by atoms with Gasteiger partial charge in [-0.3, -0.25) is 19.6 Å². The summed E-state index contributed by atoms with van der Waals surface area (Å²) < 4.78 is 20.8. The highest BCUT2D eigenvalue weighted by Gasteiger charge is 2.38. The van der Waals surface area contributed by atoms with Crippen molar-refractivity contribution < 1.29 is 48.2 Å². The molecule has 14 aliphatic rings. The van der Waals surface area contributed by atoms with Crippen molar-refractivity contribution >= 4 is 29.5 Å². The Morgan fingerprint density at radius 1 is 0.442 bits per heavy atom. The largest absolute Gasteiger partial charge is 0.478 e. The van der Waals surface area contributed by atoms with Crippen LogP contribution in [-0.4, -0.2) is 178 Å². The predicted octanol–water partition coefficient (Wildman–Crippen LogP) is 12.8. The van der Waals surface area contributed by atoms with E-state index in [2.05, 4.69) is 159 Å². The fraction of sp³-hybridized carbons (Fsp3) is 0.464. The van der Waals surface area contributed by atoms with Crippen molar-refractivity contribution in [2.45, 2.75) is 153 Å². The van der Waals surface area contributed by atoms with Crippen molar-refractivity contribution in [2.75, 3.05) is 111 Å². The maximum Gasteiger partial charge on any atom is 0.338 e. The molecule has 16 heteroatoms. The topological polar surface area (TPSA) is 154 Å². The van der Waals surface area contributed by atoms with E-state index in [1.807, 2.05) is 48.5 Å². The van der Waals surface area contributed by atoms with Gasteiger partial charge in [0.15, 0.2) is 0 Å². The van der Waals surface area contributed by atoms with Crippen LogP contribution in [0.2, 0.25) is 0 Å². The van der Waals surface area contributed by atoms with Gasteiger partial charge in [-0.25, -0.2) is 14.4 Å². The number of esters is 2. The summed E-state index contributed by atoms with van der Waals surface area (Å²) in [5.74, 6) is 2.49. The number of hydrogen-bond acceptors (Lipinski definition) is 12. The predicted molar refractivity (Wildman–Crippen MR) is 446 cm³/mol. The van der Waals surface area contributed by atoms with Crippen LogP contribution >= 0.6 is 11.6 Å². The third-order valence-electron chi connectivity index (χ3n) is 26.0. The van der Waals surface area contributed by atoms with Gasteiger partial charge in [-0.2, -0.15) is 5.26 Å². The number of fused-ring (bicyclic) bond motifs is 8. The minimum absolute atomic E-state index is 0.223. The fourth-order valence-electron chi connectivity index (χ4n) is 19.7. The molecule has 15 nitrogen and oxygen atoms in total. The maximum atomic E-state index is 12.4. The summed E-state index contributed by atoms with van der Waals surface area (Å²) >= 11 is 5.55. The van der Waals surface area contributed by atoms with Crippen molar-refractivity contribution in [1.82, 2.24) is 19.6 Å². The van der Waals surface area contributed by atoms with Gasteiger partial charge in [0.1, 0.15) is 19.7 Å². The lowest BCUT2D eigenvalue weighted by molar-refractivity contribution is -0.947. The van der Waals surface area contributed by atoms with E-state index < -0.39 is 5.97 Å². The number of carbonyl (C=O) groups excluding carboxylic acids is 2. The Hall–Kier alpha value is -8.37. The van der Waals surface area contributed by atoms with Gasteiger partial charge < -0.3 is 33.9 Å². The van der Waals surface area contributed by atoms with E-state index in [0.717, 1.165) is 133 Å². The van der Waals surface area contributed by atoms with Crippen LogP contribution in [0.5, 0.6) is 0 Å². The fourth-order valence-corrected chi connectivity index (χ4v) is 19.9. The zero-order chi connectivity index (χ0) is 77.7. The van der Waals surface area contributed by atoms with E-state index in [-0.39, 0.29) is 11.9 Å². The van der Waals surface area contributed by atoms with E-state index in [9.17, 15) is 14.4 Å². The molecule has 4 aliphatic carbocycles. The smallest absolute Gasteiger partial charge is 0.338 e. The Labute approximate surface area is 676 Å². The number of morpholine rings is 2. The van der Waals surface area contributed by atoms with Gasteiger partial charge in [-0.05, 0) is 193 Å². The van der Waals surface area contributed by atoms with Crippen molar-refractivity contribution in [2.24, 2.45) is 23.7 Å². The molecule has 0 amide bonds. The molecule has 10 heterocycles. The minimum atomic E-state index is -0.851. The first-order chi connectivity index (χ1) is 55.4. The number of halogens is 1. The Kier molecular flexibility index (Phi) is 29.3. The zero-order valence-electron chi connectivity index (χ0n) is 66.5. The van der Waals surface area contributed by atoms with Crippen molar-refractivity contribution in [3.63, 3.8) is 0 Å². The number of nitriles is 1. The lowest BCUT2D eigenvalue weighted by Crippen LogP contribution is -3.16. The second kappa shape index (κ2) is 40.8. The molecule has 10 unspecified atom stereocenters. The van der Waals surface area contributed by atoms with Gasteiger partial charge in [0.25, 0.3) is 0 Å². The molecule has 10 aliphatic heterocycles. The molecule has 8 aromatic carbocycles. The number of hydrogen-bond donors (Lipinski definition) is 3. The van der Waals surface area contributed by atoms with Crippen LogP contribution in [0.3, 0.4) is 0 Å². The van der Waals surface area contributed by atoms with Crippen LogP contribution in [0.15, 0.2) is 194 Å². The van der Waals surface area contributed by atoms with E-state index in [1.165, 1.54) is 163 Å². The van der Waals surface area contributed by atoms with Crippen molar-refractivity contribution in [1.29, 1.82) is 5.26 Å². The first kappa shape index (κ1) is 81.2. The number of carboxylic acids is 1. The van der Waals surface area contributed by atoms with Crippen molar-refractivity contribution in [3.05, 3.63) is 283 Å². The zero-order valence-corrected chi connectivity index (χ0v) is 67.2. The molecule has 3 N–H and O–H groups in total. The molecule has 10 atom stereocenters. The number of aromatic carboxylic acids is 1. The van der Waals surface area contributed by atoms with Crippen LogP contribution in [0.1, 0.15) is 155 Å². The third-order valence-corrected chi connectivity index (χ3v) is 26.2. The monoisotopic (exact) mass is 1540 g/mol. The van der Waals surface area contributed by atoms with Gasteiger partial charge in [0.2, 0.25) is 0 Å². The normalized spacial score (nSPS) is 24.3. The number of methoxy groups -OCH3 is 1. The highest BCUT2D eigenvalue weighted by molar-refractivity contribution is 6.18. The molecule has 8 aromatic rings. The number of ether oxygens (including phenoxy) is 4. The number of nitrogens with zero attached hydrogens (tertiary/aromatic N) is 5. The Morgan fingerprint density at radius 2 is 0.805 bits per heavy atom. The summed E-state index contributed by atoms with van der Waals surface area (Å²) in [5, 5.41) is 18.0. The molecule has 6 fully saturated rings. The van der Waals surface area contributed by atoms with Crippen molar-refractivity contribution in [3.8, 4) is 6.07 Å². The highest BCUT2D eigenvalue weighted by atomic mass is 35.5. The van der Waals surface area contributed by atoms with Crippen LogP contribution in [0, 0.1) is 35.0 Å². The molecule has 0 spiro atoms. The van der Waals surface area contributed by atoms with E-state index in [0.29, 0.717) is 47.5 Å². The first-order valence-electron chi connectivity index (χ1n) is 42.3. The summed E-state index contributed by atoms with van der Waals surface area (Å²) in [7, 11) is 1.42. The molecular formula is C97H118ClN7O8+2. The number of quaternary nitrogens is 2. The highest BCUT2D eigenvalue weighted by Crippen LogP contribution is 2.36. The number of carboxylic acid groups (broad SMARTS) is 1. The molecule has 0 saturated carbocycles. The lowest BCUT2D eigenvalue weighted by atomic mass is 9.80. The maximum absolute atomic E-state index is 12.4. The first-order valence-corrected chi connectivity index (χ1v) is 42.8. The molecule has 594 valence electrons. The molecule has 0 radical (unpaired) electrons. The van der Waals surface area contributed by atoms with Crippen LogP contribution in [-0.2, 0) is 96.5 Å². The summed E-state index contributed by atoms with van der Waals surface area (Å²) in [6.07, 6.45) is 20.2. The summed E-state index contributed by atoms with van der Waals surface area (Å²) in [5.41, 5.74) is 19.9. The quantitative estimate of drug-likeness (QED) is 0.0622. The van der Waals surface area contributed by atoms with Gasteiger partial charge in [0, 0.05) is 132 Å². The molecule has 0 aromatic heterocycles. The number of nitrogens with one attached hydrogen (secondary N) is 2. The van der Waals surface area contributed by atoms with Gasteiger partial charge in [-0.1, -0.05) is 146 Å². The number of rotatable bonds is 16. The average molecular weight is 1550 g/mol. The van der Waals surface area contributed by atoms with E-state index >= 15 is 0 Å². The number of alkyl halides is 1. The Bertz CT molecular complexity index is 4410. The van der Waals surface area contributed by atoms with Gasteiger partial charge >= 0.3 is 17.9 Å². The minimum Gasteiger partial charge on any atom is -0.478 e. The summed E-state index contributed by atoms with van der Waals surface area (Å²) in [6.45, 7) is 18.3. The van der Waals surface area contributed by atoms with Gasteiger partial charge in [0.05, 0.1) is 87.0 Å². The second-order valence-corrected chi connectivity index (χ2v) is 33.9. The standard InChI is InChI=1S/C27H34N2O3.C22H25NO2.C21H22N2.C21H23NO2.C6H12ClNO/c30-27(32-16-13-28-11-14-31-15-12-28)23-8-5-21(6-9-23)19-29-20-22-7-10-26(29)18-25-4-2-1-3-24(25)17-22;1-25-22(24)18-9-6-16(7-10-18)14-23-15-17-8-11-21(23)13-20-5-3-2-4-19(20)12-17;22-13-16-5-7-17(8-6-16)14-23-15-18-9-10-21(23)12-20-4-2-1-3-19(20)11-18;23-21(24)17-8-5-15(6-9-17)13-22-14-16-7-10-20(22)12-19-4-2-1-3-18(19)11-16;7-1-2-8-3-5-9-6-4-8/h1-6,8-9,22,26H,7,10-20H2;2-7,9-10,17,21H,8,11-15H2,1H3;1-8,18,21H,9-12,14-15H2;1-6,8-9,16,20H,7,10-14H2,(H,23,24);1-6H2/p+2. The Morgan fingerprint density at radius 3 is 1.21 bits per heavy atom. The van der Waals surface area contributed by atoms with Crippen LogP contribution < -0.4 is 9.80 Å². The van der Waals surface area contributed by atoms with Crippen LogP contribution in [0.25, 0.3) is 0 Å². The molecule has 6 saturated heterocycles. The molecule has 22 rings (SSSR count). The molecular weight excluding hydrogens is 1430 g/mol. The lowest BCUT2D eigenvalue weighted by Gasteiger charge is -2.42. The second-order valence-electron chi connectivity index (χ2n) is 33.5. The average Bonchev–Trinajstić information content (AvgIpc) is 0.817. The SMILES string of the molecule is COC(=O)c1ccc(CN2CC3CCC2Cc2ccccc2C3)cc1.ClCCN1CCOCC1.N#Cc1ccc(CN2CC3CCC2Cc2ccccc2C3)cc1.O=C(O)c1ccc(C[NH+]2CC3CCC2Cc2ccccc2C3)cc1.O=C(OCCN1CCOCC1)c1ccc(C[NH+]2CC3CCC2Cc2ccccc2C3)cc1.